The zero-order valence-electron chi connectivity index (χ0n) is 10.2. The van der Waals surface area contributed by atoms with Crippen molar-refractivity contribution in [1.29, 1.82) is 0 Å². The molecule has 100 valence electrons. The fourth-order valence-electron chi connectivity index (χ4n) is 3.00. The van der Waals surface area contributed by atoms with E-state index in [0.29, 0.717) is 0 Å². The number of rotatable bonds is 2. The predicted octanol–water partition coefficient (Wildman–Crippen LogP) is 0.932. The Kier molecular flexibility index (Phi) is 2.44. The molecule has 1 aromatic heterocycles. The van der Waals surface area contributed by atoms with Gasteiger partial charge < -0.3 is 5.11 Å². The third-order valence-corrected chi connectivity index (χ3v) is 3.98. The largest absolute Gasteiger partial charge is 0.477 e. The van der Waals surface area contributed by atoms with Crippen LogP contribution in [0.3, 0.4) is 0 Å². The second kappa shape index (κ2) is 3.91. The standard InChI is InChI=1S/C12H13N3O4/c16-9-6-12(3-1-2-4-12)11(19)15(9)8-5-7(10(17)18)13-14-8/h5H,1-4,6H2,(H,13,14)(H,17,18). The summed E-state index contributed by atoms with van der Waals surface area (Å²) >= 11 is 0. The Bertz CT molecular complexity index is 571. The SMILES string of the molecule is O=C(O)c1cc(N2C(=O)CC3(CCCC3)C2=O)n[nH]1. The Morgan fingerprint density at radius 3 is 2.63 bits per heavy atom. The van der Waals surface area contributed by atoms with Gasteiger partial charge in [0, 0.05) is 12.5 Å². The van der Waals surface area contributed by atoms with Crippen LogP contribution in [0.2, 0.25) is 0 Å². The van der Waals surface area contributed by atoms with Crippen molar-refractivity contribution in [2.24, 2.45) is 5.41 Å². The maximum atomic E-state index is 12.4. The van der Waals surface area contributed by atoms with Gasteiger partial charge in [-0.3, -0.25) is 14.7 Å². The Morgan fingerprint density at radius 2 is 2.05 bits per heavy atom. The van der Waals surface area contributed by atoms with E-state index in [4.69, 9.17) is 5.11 Å². The summed E-state index contributed by atoms with van der Waals surface area (Å²) in [6.07, 6.45) is 3.57. The number of aromatic carboxylic acids is 1. The van der Waals surface area contributed by atoms with E-state index in [0.717, 1.165) is 30.6 Å². The van der Waals surface area contributed by atoms with Crippen LogP contribution in [0.4, 0.5) is 5.82 Å². The molecule has 2 aliphatic rings. The topological polar surface area (TPSA) is 103 Å². The first-order chi connectivity index (χ1) is 9.03. The van der Waals surface area contributed by atoms with E-state index >= 15 is 0 Å². The second-order valence-corrected chi connectivity index (χ2v) is 5.14. The molecule has 0 bridgehead atoms. The fraction of sp³-hybridized carbons (Fsp3) is 0.500. The highest BCUT2D eigenvalue weighted by molar-refractivity contribution is 6.22. The molecule has 0 atom stereocenters. The molecule has 19 heavy (non-hydrogen) atoms. The van der Waals surface area contributed by atoms with E-state index < -0.39 is 11.4 Å². The molecule has 2 amide bonds. The summed E-state index contributed by atoms with van der Waals surface area (Å²) in [5.41, 5.74) is -0.706. The third-order valence-electron chi connectivity index (χ3n) is 3.98. The molecule has 0 radical (unpaired) electrons. The molecule has 7 heteroatoms. The summed E-state index contributed by atoms with van der Waals surface area (Å²) in [6.45, 7) is 0. The number of carbonyl (C=O) groups is 3. The number of hydrogen-bond donors (Lipinski definition) is 2. The smallest absolute Gasteiger partial charge is 0.353 e. The molecule has 0 unspecified atom stereocenters. The monoisotopic (exact) mass is 263 g/mol. The van der Waals surface area contributed by atoms with Gasteiger partial charge in [0.05, 0.1) is 5.41 Å². The van der Waals surface area contributed by atoms with Gasteiger partial charge in [-0.05, 0) is 12.8 Å². The molecule has 1 aromatic rings. The van der Waals surface area contributed by atoms with E-state index in [1.807, 2.05) is 0 Å². The van der Waals surface area contributed by atoms with Gasteiger partial charge in [-0.2, -0.15) is 5.10 Å². The first kappa shape index (κ1) is 11.9. The van der Waals surface area contributed by atoms with E-state index in [2.05, 4.69) is 10.2 Å². The van der Waals surface area contributed by atoms with Crippen molar-refractivity contribution in [3.8, 4) is 0 Å². The van der Waals surface area contributed by atoms with Gasteiger partial charge in [0.2, 0.25) is 11.8 Å². The van der Waals surface area contributed by atoms with E-state index in [1.54, 1.807) is 0 Å². The first-order valence-corrected chi connectivity index (χ1v) is 6.20. The Labute approximate surface area is 108 Å². The summed E-state index contributed by atoms with van der Waals surface area (Å²) in [6, 6.07) is 1.21. The highest BCUT2D eigenvalue weighted by atomic mass is 16.4. The molecule has 0 aromatic carbocycles. The number of imide groups is 1. The Balaban J connectivity index is 1.94. The number of H-pyrrole nitrogens is 1. The highest BCUT2D eigenvalue weighted by Crippen LogP contribution is 2.47. The van der Waals surface area contributed by atoms with Gasteiger partial charge in [0.15, 0.2) is 5.82 Å². The zero-order valence-corrected chi connectivity index (χ0v) is 10.2. The van der Waals surface area contributed by atoms with Gasteiger partial charge in [-0.15, -0.1) is 0 Å². The maximum Gasteiger partial charge on any atom is 0.353 e. The van der Waals surface area contributed by atoms with Crippen molar-refractivity contribution in [3.05, 3.63) is 11.8 Å². The van der Waals surface area contributed by atoms with Crippen molar-refractivity contribution < 1.29 is 19.5 Å². The first-order valence-electron chi connectivity index (χ1n) is 6.20. The molecule has 1 saturated heterocycles. The summed E-state index contributed by atoms with van der Waals surface area (Å²) in [5.74, 6) is -1.63. The van der Waals surface area contributed by atoms with Crippen molar-refractivity contribution >= 4 is 23.6 Å². The van der Waals surface area contributed by atoms with Gasteiger partial charge in [-0.1, -0.05) is 12.8 Å². The van der Waals surface area contributed by atoms with Crippen molar-refractivity contribution in [3.63, 3.8) is 0 Å². The number of amides is 2. The van der Waals surface area contributed by atoms with Crippen LogP contribution in [0.15, 0.2) is 6.07 Å². The number of carbonyl (C=O) groups excluding carboxylic acids is 2. The summed E-state index contributed by atoms with van der Waals surface area (Å²) in [4.78, 5) is 36.3. The average molecular weight is 263 g/mol. The minimum Gasteiger partial charge on any atom is -0.477 e. The summed E-state index contributed by atoms with van der Waals surface area (Å²) in [5, 5.41) is 14.9. The lowest BCUT2D eigenvalue weighted by Gasteiger charge is -2.19. The Morgan fingerprint density at radius 1 is 1.37 bits per heavy atom. The number of nitrogens with zero attached hydrogens (tertiary/aromatic N) is 2. The lowest BCUT2D eigenvalue weighted by molar-refractivity contribution is -0.125. The summed E-state index contributed by atoms with van der Waals surface area (Å²) < 4.78 is 0. The van der Waals surface area contributed by atoms with E-state index in [-0.39, 0.29) is 29.7 Å². The molecular formula is C12H13N3O4. The second-order valence-electron chi connectivity index (χ2n) is 5.14. The van der Waals surface area contributed by atoms with Crippen molar-refractivity contribution in [2.45, 2.75) is 32.1 Å². The third kappa shape index (κ3) is 1.65. The minimum absolute atomic E-state index is 0.0798. The number of aromatic amines is 1. The van der Waals surface area contributed by atoms with Crippen LogP contribution in [0.1, 0.15) is 42.6 Å². The average Bonchev–Trinajstić information content (AvgIpc) is 3.02. The van der Waals surface area contributed by atoms with Crippen LogP contribution >= 0.6 is 0 Å². The summed E-state index contributed by atoms with van der Waals surface area (Å²) in [7, 11) is 0. The number of hydrogen-bond acceptors (Lipinski definition) is 4. The molecule has 7 nitrogen and oxygen atoms in total. The quantitative estimate of drug-likeness (QED) is 0.772. The van der Waals surface area contributed by atoms with Gasteiger partial charge >= 0.3 is 5.97 Å². The lowest BCUT2D eigenvalue weighted by atomic mass is 9.84. The van der Waals surface area contributed by atoms with Crippen molar-refractivity contribution in [1.82, 2.24) is 10.2 Å². The molecule has 2 heterocycles. The molecule has 1 saturated carbocycles. The van der Waals surface area contributed by atoms with E-state index in [1.165, 1.54) is 6.07 Å². The lowest BCUT2D eigenvalue weighted by Crippen LogP contribution is -2.34. The van der Waals surface area contributed by atoms with Crippen LogP contribution in [-0.4, -0.2) is 33.1 Å². The number of anilines is 1. The molecule has 2 fully saturated rings. The normalized spacial score (nSPS) is 21.6. The zero-order chi connectivity index (χ0) is 13.6. The maximum absolute atomic E-state index is 12.4. The number of aromatic nitrogens is 2. The van der Waals surface area contributed by atoms with Crippen LogP contribution in [0.25, 0.3) is 0 Å². The molecule has 3 rings (SSSR count). The van der Waals surface area contributed by atoms with Gasteiger partial charge in [-0.25, -0.2) is 9.69 Å². The minimum atomic E-state index is -1.17. The number of carboxylic acid groups (broad SMARTS) is 1. The van der Waals surface area contributed by atoms with Crippen molar-refractivity contribution in [2.75, 3.05) is 4.90 Å². The molecular weight excluding hydrogens is 250 g/mol. The van der Waals surface area contributed by atoms with Crippen LogP contribution < -0.4 is 4.90 Å². The molecule has 1 aliphatic carbocycles. The molecule has 1 spiro atoms. The van der Waals surface area contributed by atoms with Gasteiger partial charge in [0.25, 0.3) is 0 Å². The van der Waals surface area contributed by atoms with Gasteiger partial charge in [0.1, 0.15) is 5.69 Å². The molecule has 2 N–H and O–H groups in total. The van der Waals surface area contributed by atoms with E-state index in [9.17, 15) is 14.4 Å². The van der Waals surface area contributed by atoms with Crippen LogP contribution in [0, 0.1) is 5.41 Å². The fourth-order valence-corrected chi connectivity index (χ4v) is 3.00. The number of nitrogens with one attached hydrogen (secondary N) is 1. The molecule has 1 aliphatic heterocycles. The highest BCUT2D eigenvalue weighted by Gasteiger charge is 2.53. The Hall–Kier alpha value is -2.18. The predicted molar refractivity (Wildman–Crippen MR) is 63.6 cm³/mol. The van der Waals surface area contributed by atoms with Crippen LogP contribution in [0.5, 0.6) is 0 Å². The van der Waals surface area contributed by atoms with Crippen LogP contribution in [-0.2, 0) is 9.59 Å². The number of carboxylic acids is 1.